The standard InChI is InChI=1S/C34H42O2/c1-2-22-34(27-16-10-5-11-17-27,28-18-20-32(35)30(23-28)25-12-6-3-7-13-25)29-19-21-33(36)31(24-29)26-14-8-4-9-15-26/h5,10-11,16-21,23-26,35-36H,2-4,6-9,12-15,22H2,1H3. The molecule has 2 heteroatoms. The van der Waals surface area contributed by atoms with Crippen LogP contribution in [0.1, 0.15) is 124 Å². The Bertz CT molecular complexity index is 1070. The number of rotatable bonds is 7. The van der Waals surface area contributed by atoms with Gasteiger partial charge >= 0.3 is 0 Å². The van der Waals surface area contributed by atoms with Crippen LogP contribution >= 0.6 is 0 Å². The molecule has 0 amide bonds. The molecular weight excluding hydrogens is 440 g/mol. The van der Waals surface area contributed by atoms with Gasteiger partial charge in [0.25, 0.3) is 0 Å². The van der Waals surface area contributed by atoms with E-state index < -0.39 is 0 Å². The van der Waals surface area contributed by atoms with Gasteiger partial charge in [0.2, 0.25) is 0 Å². The van der Waals surface area contributed by atoms with Gasteiger partial charge in [0.05, 0.1) is 0 Å². The first-order valence-electron chi connectivity index (χ1n) is 14.4. The van der Waals surface area contributed by atoms with Gasteiger partial charge in [-0.05, 0) is 83.9 Å². The Hall–Kier alpha value is -2.74. The van der Waals surface area contributed by atoms with E-state index in [1.54, 1.807) is 0 Å². The van der Waals surface area contributed by atoms with Gasteiger partial charge in [-0.3, -0.25) is 0 Å². The second kappa shape index (κ2) is 11.1. The molecule has 3 aromatic carbocycles. The Kier molecular flexibility index (Phi) is 7.70. The van der Waals surface area contributed by atoms with Crippen molar-refractivity contribution in [3.63, 3.8) is 0 Å². The number of hydrogen-bond acceptors (Lipinski definition) is 2. The molecule has 0 atom stereocenters. The highest BCUT2D eigenvalue weighted by Gasteiger charge is 2.37. The van der Waals surface area contributed by atoms with Crippen molar-refractivity contribution in [2.45, 2.75) is 101 Å². The van der Waals surface area contributed by atoms with E-state index in [1.807, 2.05) is 12.1 Å². The van der Waals surface area contributed by atoms with Crippen LogP contribution < -0.4 is 0 Å². The number of phenolic OH excluding ortho intramolecular Hbond substituents is 2. The summed E-state index contributed by atoms with van der Waals surface area (Å²) in [5.41, 5.74) is 5.71. The molecule has 190 valence electrons. The first kappa shape index (κ1) is 24.9. The molecular formula is C34H42O2. The topological polar surface area (TPSA) is 40.5 Å². The van der Waals surface area contributed by atoms with E-state index in [0.29, 0.717) is 23.3 Å². The number of hydrogen-bond donors (Lipinski definition) is 2. The van der Waals surface area contributed by atoms with Crippen molar-refractivity contribution in [1.82, 2.24) is 0 Å². The van der Waals surface area contributed by atoms with Crippen LogP contribution in [0.3, 0.4) is 0 Å². The highest BCUT2D eigenvalue weighted by atomic mass is 16.3. The summed E-state index contributed by atoms with van der Waals surface area (Å²) in [4.78, 5) is 0. The molecule has 0 heterocycles. The van der Waals surface area contributed by atoms with Crippen LogP contribution in [0, 0.1) is 0 Å². The van der Waals surface area contributed by atoms with E-state index in [2.05, 4.69) is 61.5 Å². The van der Waals surface area contributed by atoms with Crippen LogP contribution in [-0.4, -0.2) is 10.2 Å². The lowest BCUT2D eigenvalue weighted by Gasteiger charge is -2.38. The Morgan fingerprint density at radius 2 is 1.08 bits per heavy atom. The van der Waals surface area contributed by atoms with E-state index >= 15 is 0 Å². The average molecular weight is 483 g/mol. The normalized spacial score (nSPS) is 17.8. The highest BCUT2D eigenvalue weighted by Crippen LogP contribution is 2.48. The van der Waals surface area contributed by atoms with Gasteiger partial charge in [-0.25, -0.2) is 0 Å². The predicted octanol–water partition coefficient (Wildman–Crippen LogP) is 9.33. The fourth-order valence-electron chi connectivity index (χ4n) is 7.15. The van der Waals surface area contributed by atoms with Crippen molar-refractivity contribution < 1.29 is 10.2 Å². The van der Waals surface area contributed by atoms with Crippen LogP contribution in [-0.2, 0) is 5.41 Å². The maximum atomic E-state index is 10.9. The minimum absolute atomic E-state index is 0.329. The third kappa shape index (κ3) is 4.80. The summed E-state index contributed by atoms with van der Waals surface area (Å²) in [6.07, 6.45) is 14.2. The smallest absolute Gasteiger partial charge is 0.119 e. The van der Waals surface area contributed by atoms with Crippen molar-refractivity contribution >= 4 is 0 Å². The van der Waals surface area contributed by atoms with Crippen molar-refractivity contribution in [3.05, 3.63) is 94.5 Å². The lowest BCUT2D eigenvalue weighted by molar-refractivity contribution is 0.411. The molecule has 3 aromatic rings. The number of aromatic hydroxyl groups is 2. The molecule has 0 spiro atoms. The van der Waals surface area contributed by atoms with Gasteiger partial charge in [-0.15, -0.1) is 0 Å². The minimum Gasteiger partial charge on any atom is -0.508 e. The maximum absolute atomic E-state index is 10.9. The molecule has 2 aliphatic rings. The summed E-state index contributed by atoms with van der Waals surface area (Å²) in [5, 5.41) is 21.9. The summed E-state index contributed by atoms with van der Waals surface area (Å²) in [6.45, 7) is 2.27. The second-order valence-corrected chi connectivity index (χ2v) is 11.2. The Morgan fingerprint density at radius 1 is 0.611 bits per heavy atom. The minimum atomic E-state index is -0.329. The van der Waals surface area contributed by atoms with Gasteiger partial charge in [0.15, 0.2) is 0 Å². The van der Waals surface area contributed by atoms with Gasteiger partial charge in [0, 0.05) is 5.41 Å². The first-order chi connectivity index (χ1) is 17.6. The van der Waals surface area contributed by atoms with Gasteiger partial charge in [-0.1, -0.05) is 106 Å². The molecule has 2 fully saturated rings. The fourth-order valence-corrected chi connectivity index (χ4v) is 7.15. The number of benzene rings is 3. The van der Waals surface area contributed by atoms with Crippen LogP contribution in [0.5, 0.6) is 11.5 Å². The maximum Gasteiger partial charge on any atom is 0.119 e. The predicted molar refractivity (Wildman–Crippen MR) is 149 cm³/mol. The summed E-state index contributed by atoms with van der Waals surface area (Å²) in [5.74, 6) is 1.76. The van der Waals surface area contributed by atoms with Crippen LogP contribution in [0.2, 0.25) is 0 Å². The van der Waals surface area contributed by atoms with Crippen LogP contribution in [0.25, 0.3) is 0 Å². The lowest BCUT2D eigenvalue weighted by atomic mass is 9.65. The fraction of sp³-hybridized carbons (Fsp3) is 0.471. The molecule has 0 saturated heterocycles. The number of phenols is 2. The van der Waals surface area contributed by atoms with Crippen molar-refractivity contribution in [2.24, 2.45) is 0 Å². The average Bonchev–Trinajstić information content (AvgIpc) is 2.94. The van der Waals surface area contributed by atoms with Crippen molar-refractivity contribution in [1.29, 1.82) is 0 Å². The molecule has 0 radical (unpaired) electrons. The van der Waals surface area contributed by atoms with Gasteiger partial charge < -0.3 is 10.2 Å². The molecule has 2 saturated carbocycles. The molecule has 2 aliphatic carbocycles. The third-order valence-electron chi connectivity index (χ3n) is 9.02. The largest absolute Gasteiger partial charge is 0.508 e. The highest BCUT2D eigenvalue weighted by molar-refractivity contribution is 5.55. The second-order valence-electron chi connectivity index (χ2n) is 11.2. The van der Waals surface area contributed by atoms with Crippen LogP contribution in [0.15, 0.2) is 66.7 Å². The van der Waals surface area contributed by atoms with Crippen molar-refractivity contribution in [3.8, 4) is 11.5 Å². The monoisotopic (exact) mass is 482 g/mol. The first-order valence-corrected chi connectivity index (χ1v) is 14.4. The van der Waals surface area contributed by atoms with Crippen LogP contribution in [0.4, 0.5) is 0 Å². The summed E-state index contributed by atoms with van der Waals surface area (Å²) < 4.78 is 0. The molecule has 0 aliphatic heterocycles. The zero-order chi connectivity index (χ0) is 25.0. The Balaban J connectivity index is 1.70. The molecule has 5 rings (SSSR count). The Morgan fingerprint density at radius 3 is 1.53 bits per heavy atom. The van der Waals surface area contributed by atoms with Crippen molar-refractivity contribution in [2.75, 3.05) is 0 Å². The zero-order valence-electron chi connectivity index (χ0n) is 21.9. The summed E-state index contributed by atoms with van der Waals surface area (Å²) >= 11 is 0. The van der Waals surface area contributed by atoms with E-state index in [1.165, 1.54) is 55.2 Å². The summed E-state index contributed by atoms with van der Waals surface area (Å²) in [6, 6.07) is 23.7. The third-order valence-corrected chi connectivity index (χ3v) is 9.02. The zero-order valence-corrected chi connectivity index (χ0v) is 21.9. The Labute approximate surface area is 217 Å². The molecule has 0 aromatic heterocycles. The molecule has 2 N–H and O–H groups in total. The molecule has 36 heavy (non-hydrogen) atoms. The lowest BCUT2D eigenvalue weighted by Crippen LogP contribution is -2.30. The van der Waals surface area contributed by atoms with E-state index in [0.717, 1.165) is 49.7 Å². The molecule has 0 bridgehead atoms. The van der Waals surface area contributed by atoms with E-state index in [9.17, 15) is 10.2 Å². The quantitative estimate of drug-likeness (QED) is 0.329. The van der Waals surface area contributed by atoms with Gasteiger partial charge in [-0.2, -0.15) is 0 Å². The van der Waals surface area contributed by atoms with E-state index in [4.69, 9.17) is 0 Å². The SMILES string of the molecule is CCCC(c1ccccc1)(c1ccc(O)c(C2CCCCC2)c1)c1ccc(O)c(C2CCCCC2)c1. The molecule has 2 nitrogen and oxygen atoms in total. The summed E-state index contributed by atoms with van der Waals surface area (Å²) in [7, 11) is 0. The van der Waals surface area contributed by atoms with Gasteiger partial charge in [0.1, 0.15) is 11.5 Å². The molecule has 0 unspecified atom stereocenters. The van der Waals surface area contributed by atoms with E-state index in [-0.39, 0.29) is 5.41 Å².